The van der Waals surface area contributed by atoms with Crippen LogP contribution < -0.4 is 10.1 Å². The third-order valence-corrected chi connectivity index (χ3v) is 4.23. The average Bonchev–Trinajstić information content (AvgIpc) is 2.60. The van der Waals surface area contributed by atoms with Gasteiger partial charge in [-0.05, 0) is 24.8 Å². The summed E-state index contributed by atoms with van der Waals surface area (Å²) < 4.78 is 9.97. The van der Waals surface area contributed by atoms with E-state index in [1.165, 1.54) is 24.6 Å². The predicted molar refractivity (Wildman–Crippen MR) is 89.1 cm³/mol. The van der Waals surface area contributed by atoms with Gasteiger partial charge in [0.15, 0.2) is 19.0 Å². The lowest BCUT2D eigenvalue weighted by Crippen LogP contribution is -2.43. The van der Waals surface area contributed by atoms with Gasteiger partial charge in [0.05, 0.1) is 4.92 Å². The Kier molecular flexibility index (Phi) is 6.73. The zero-order valence-corrected chi connectivity index (χ0v) is 14.1. The third-order valence-electron chi connectivity index (χ3n) is 4.23. The van der Waals surface area contributed by atoms with E-state index >= 15 is 0 Å². The van der Waals surface area contributed by atoms with E-state index in [1.54, 1.807) is 6.07 Å². The van der Waals surface area contributed by atoms with Gasteiger partial charge in [0.2, 0.25) is 0 Å². The van der Waals surface area contributed by atoms with Crippen LogP contribution in [-0.4, -0.2) is 36.1 Å². The van der Waals surface area contributed by atoms with Crippen molar-refractivity contribution in [2.45, 2.75) is 38.6 Å². The number of benzene rings is 1. The average molecular weight is 350 g/mol. The summed E-state index contributed by atoms with van der Waals surface area (Å²) in [6.45, 7) is 1.21. The molecule has 1 aliphatic rings. The Hall–Kier alpha value is -2.64. The first kappa shape index (κ1) is 18.7. The van der Waals surface area contributed by atoms with Crippen molar-refractivity contribution in [3.8, 4) is 5.75 Å². The Morgan fingerprint density at radius 2 is 1.96 bits per heavy atom. The minimum absolute atomic E-state index is 0.0232. The number of carbonyl (C=O) groups excluding carboxylic acids is 2. The van der Waals surface area contributed by atoms with Gasteiger partial charge in [0.25, 0.3) is 5.91 Å². The first-order chi connectivity index (χ1) is 12.0. The highest BCUT2D eigenvalue weighted by molar-refractivity contribution is 5.81. The van der Waals surface area contributed by atoms with Gasteiger partial charge in [0, 0.05) is 12.1 Å². The Morgan fingerprint density at radius 3 is 2.68 bits per heavy atom. The van der Waals surface area contributed by atoms with E-state index in [2.05, 4.69) is 12.2 Å². The maximum absolute atomic E-state index is 11.9. The Bertz CT molecular complexity index is 633. The summed E-state index contributed by atoms with van der Waals surface area (Å²) in [5, 5.41) is 13.7. The molecule has 0 spiro atoms. The predicted octanol–water partition coefficient (Wildman–Crippen LogP) is 2.21. The van der Waals surface area contributed by atoms with Crippen LogP contribution in [0.2, 0.25) is 0 Å². The molecule has 2 rings (SSSR count). The fourth-order valence-electron chi connectivity index (χ4n) is 2.83. The molecule has 1 fully saturated rings. The fraction of sp³-hybridized carbons (Fsp3) is 0.529. The van der Waals surface area contributed by atoms with Crippen LogP contribution in [0.15, 0.2) is 24.3 Å². The molecule has 0 aromatic heterocycles. The molecule has 1 amide bonds. The minimum atomic E-state index is -0.759. The lowest BCUT2D eigenvalue weighted by atomic mass is 9.86. The number of nitro benzene ring substituents is 1. The zero-order chi connectivity index (χ0) is 18.2. The number of nitrogens with one attached hydrogen (secondary N) is 1. The first-order valence-corrected chi connectivity index (χ1v) is 8.28. The number of rotatable bonds is 7. The van der Waals surface area contributed by atoms with Gasteiger partial charge in [-0.1, -0.05) is 31.9 Å². The van der Waals surface area contributed by atoms with Crippen LogP contribution in [-0.2, 0) is 14.3 Å². The number of nitro groups is 1. The van der Waals surface area contributed by atoms with Gasteiger partial charge in [-0.3, -0.25) is 14.9 Å². The van der Waals surface area contributed by atoms with Crippen LogP contribution in [0.25, 0.3) is 0 Å². The number of hydrogen-bond donors (Lipinski definition) is 1. The van der Waals surface area contributed by atoms with Gasteiger partial charge in [-0.15, -0.1) is 0 Å². The number of para-hydroxylation sites is 2. The molecule has 1 N–H and O–H groups in total. The number of carbonyl (C=O) groups is 2. The molecule has 8 nitrogen and oxygen atoms in total. The summed E-state index contributed by atoms with van der Waals surface area (Å²) in [7, 11) is 0. The Balaban J connectivity index is 1.73. The zero-order valence-electron chi connectivity index (χ0n) is 14.1. The lowest BCUT2D eigenvalue weighted by Gasteiger charge is -2.29. The first-order valence-electron chi connectivity index (χ1n) is 8.28. The highest BCUT2D eigenvalue weighted by atomic mass is 16.6. The van der Waals surface area contributed by atoms with Crippen LogP contribution in [0.4, 0.5) is 5.69 Å². The van der Waals surface area contributed by atoms with Crippen molar-refractivity contribution in [2.24, 2.45) is 5.92 Å². The van der Waals surface area contributed by atoms with E-state index in [4.69, 9.17) is 9.47 Å². The molecule has 0 heterocycles. The van der Waals surface area contributed by atoms with Gasteiger partial charge in [-0.2, -0.15) is 0 Å². The Morgan fingerprint density at radius 1 is 1.24 bits per heavy atom. The van der Waals surface area contributed by atoms with E-state index in [-0.39, 0.29) is 30.0 Å². The molecular formula is C17H22N2O6. The maximum atomic E-state index is 11.9. The van der Waals surface area contributed by atoms with Crippen LogP contribution in [0.1, 0.15) is 32.6 Å². The number of amides is 1. The topological polar surface area (TPSA) is 108 Å². The van der Waals surface area contributed by atoms with Crippen molar-refractivity contribution in [1.29, 1.82) is 0 Å². The second-order valence-electron chi connectivity index (χ2n) is 6.11. The van der Waals surface area contributed by atoms with Gasteiger partial charge < -0.3 is 14.8 Å². The fourth-order valence-corrected chi connectivity index (χ4v) is 2.83. The normalized spacial score (nSPS) is 19.7. The lowest BCUT2D eigenvalue weighted by molar-refractivity contribution is -0.385. The molecule has 0 aliphatic heterocycles. The highest BCUT2D eigenvalue weighted by Gasteiger charge is 2.23. The van der Waals surface area contributed by atoms with E-state index in [9.17, 15) is 19.7 Å². The smallest absolute Gasteiger partial charge is 0.344 e. The molecular weight excluding hydrogens is 328 g/mol. The SMILES string of the molecule is C[C@H]1CCCC[C@@H]1NC(=O)COC(=O)COc1ccccc1[N+](=O)[O-]. The van der Waals surface area contributed by atoms with Crippen molar-refractivity contribution >= 4 is 17.6 Å². The standard InChI is InChI=1S/C17H22N2O6/c1-12-6-2-3-7-13(12)18-16(20)10-25-17(21)11-24-15-9-5-4-8-14(15)19(22)23/h4-5,8-9,12-13H,2-3,6-7,10-11H2,1H3,(H,18,20)/t12-,13-/m0/s1. The number of ether oxygens (including phenoxy) is 2. The molecule has 0 unspecified atom stereocenters. The van der Waals surface area contributed by atoms with Gasteiger partial charge in [-0.25, -0.2) is 4.79 Å². The molecule has 8 heteroatoms. The maximum Gasteiger partial charge on any atom is 0.344 e. The van der Waals surface area contributed by atoms with Crippen LogP contribution in [0.5, 0.6) is 5.75 Å². The number of nitrogens with zero attached hydrogens (tertiary/aromatic N) is 1. The van der Waals surface area contributed by atoms with Crippen LogP contribution in [0, 0.1) is 16.0 Å². The second kappa shape index (κ2) is 9.00. The Labute approximate surface area is 145 Å². The van der Waals surface area contributed by atoms with Crippen molar-refractivity contribution in [2.75, 3.05) is 13.2 Å². The largest absolute Gasteiger partial charge is 0.475 e. The third kappa shape index (κ3) is 5.74. The van der Waals surface area contributed by atoms with Gasteiger partial charge in [0.1, 0.15) is 0 Å². The molecule has 1 saturated carbocycles. The van der Waals surface area contributed by atoms with Gasteiger partial charge >= 0.3 is 11.7 Å². The highest BCUT2D eigenvalue weighted by Crippen LogP contribution is 2.25. The molecule has 25 heavy (non-hydrogen) atoms. The van der Waals surface area contributed by atoms with E-state index in [0.29, 0.717) is 5.92 Å². The van der Waals surface area contributed by atoms with Crippen molar-refractivity contribution < 1.29 is 24.0 Å². The minimum Gasteiger partial charge on any atom is -0.475 e. The van der Waals surface area contributed by atoms with E-state index in [0.717, 1.165) is 19.3 Å². The summed E-state index contributed by atoms with van der Waals surface area (Å²) in [6, 6.07) is 5.84. The summed E-state index contributed by atoms with van der Waals surface area (Å²) in [5.41, 5.74) is -0.237. The molecule has 1 aromatic carbocycles. The molecule has 2 atom stereocenters. The molecule has 1 aromatic rings. The molecule has 0 radical (unpaired) electrons. The number of hydrogen-bond acceptors (Lipinski definition) is 6. The quantitative estimate of drug-likeness (QED) is 0.459. The number of esters is 1. The summed E-state index contributed by atoms with van der Waals surface area (Å²) in [4.78, 5) is 33.8. The monoisotopic (exact) mass is 350 g/mol. The second-order valence-corrected chi connectivity index (χ2v) is 6.11. The summed E-state index contributed by atoms with van der Waals surface area (Å²) >= 11 is 0. The summed E-state index contributed by atoms with van der Waals surface area (Å²) in [5.74, 6) is -0.719. The van der Waals surface area contributed by atoms with Crippen LogP contribution >= 0.6 is 0 Å². The summed E-state index contributed by atoms with van der Waals surface area (Å²) in [6.07, 6.45) is 4.26. The van der Waals surface area contributed by atoms with Crippen molar-refractivity contribution in [3.63, 3.8) is 0 Å². The molecule has 136 valence electrons. The molecule has 0 bridgehead atoms. The molecule has 0 saturated heterocycles. The van der Waals surface area contributed by atoms with Crippen molar-refractivity contribution in [3.05, 3.63) is 34.4 Å². The van der Waals surface area contributed by atoms with Crippen molar-refractivity contribution in [1.82, 2.24) is 5.32 Å². The van der Waals surface area contributed by atoms with E-state index < -0.39 is 17.5 Å². The van der Waals surface area contributed by atoms with E-state index in [1.807, 2.05) is 0 Å². The molecule has 1 aliphatic carbocycles. The van der Waals surface area contributed by atoms with Crippen LogP contribution in [0.3, 0.4) is 0 Å².